The number of nitrogens with one attached hydrogen (secondary N) is 1. The molecule has 0 spiro atoms. The molecule has 0 unspecified atom stereocenters. The molecular weight excluding hydrogens is 230 g/mol. The fourth-order valence-corrected chi connectivity index (χ4v) is 1.85. The third kappa shape index (κ3) is 2.17. The maximum atomic E-state index is 9.73. The van der Waals surface area contributed by atoms with E-state index in [1.54, 1.807) is 29.2 Å². The van der Waals surface area contributed by atoms with Crippen LogP contribution in [-0.4, -0.2) is 34.6 Å². The Balaban J connectivity index is 1.70. The zero-order valence-electron chi connectivity index (χ0n) is 9.91. The fraction of sp³-hybridized carbons (Fsp3) is 0.308. The Morgan fingerprint density at radius 3 is 2.94 bits per heavy atom. The van der Waals surface area contributed by atoms with Gasteiger partial charge in [0.2, 0.25) is 0 Å². The summed E-state index contributed by atoms with van der Waals surface area (Å²) in [6.07, 6.45) is 3.44. The molecule has 0 amide bonds. The minimum Gasteiger partial charge on any atom is -0.506 e. The molecule has 0 radical (unpaired) electrons. The van der Waals surface area contributed by atoms with Crippen LogP contribution >= 0.6 is 0 Å². The number of aromatic nitrogens is 2. The van der Waals surface area contributed by atoms with Crippen LogP contribution in [0.1, 0.15) is 0 Å². The molecule has 1 saturated heterocycles. The van der Waals surface area contributed by atoms with Crippen molar-refractivity contribution in [1.82, 2.24) is 15.1 Å². The molecule has 2 N–H and O–H groups in total. The van der Waals surface area contributed by atoms with Crippen molar-refractivity contribution in [2.24, 2.45) is 5.92 Å². The summed E-state index contributed by atoms with van der Waals surface area (Å²) in [5.74, 6) is 1.53. The molecule has 1 aliphatic heterocycles. The van der Waals surface area contributed by atoms with Gasteiger partial charge in [-0.15, -0.1) is 0 Å². The second kappa shape index (κ2) is 4.70. The molecule has 2 aromatic rings. The predicted octanol–water partition coefficient (Wildman–Crippen LogP) is 1.18. The van der Waals surface area contributed by atoms with Gasteiger partial charge in [-0.25, -0.2) is 4.68 Å². The Morgan fingerprint density at radius 1 is 1.39 bits per heavy atom. The molecular formula is C13H15N3O2. The SMILES string of the molecule is Oc1ccccc1-n1cc(OCC2CNC2)cn1. The molecule has 0 aliphatic carbocycles. The lowest BCUT2D eigenvalue weighted by atomic mass is 10.1. The van der Waals surface area contributed by atoms with Crippen molar-refractivity contribution in [3.05, 3.63) is 36.7 Å². The van der Waals surface area contributed by atoms with Crippen molar-refractivity contribution in [1.29, 1.82) is 0 Å². The summed E-state index contributed by atoms with van der Waals surface area (Å²) < 4.78 is 7.26. The van der Waals surface area contributed by atoms with Crippen LogP contribution in [0.15, 0.2) is 36.7 Å². The van der Waals surface area contributed by atoms with E-state index in [0.717, 1.165) is 18.8 Å². The summed E-state index contributed by atoms with van der Waals surface area (Å²) in [4.78, 5) is 0. The second-order valence-corrected chi connectivity index (χ2v) is 4.44. The molecule has 1 aliphatic rings. The third-order valence-electron chi connectivity index (χ3n) is 3.04. The Morgan fingerprint density at radius 2 is 2.22 bits per heavy atom. The van der Waals surface area contributed by atoms with Crippen molar-refractivity contribution >= 4 is 0 Å². The van der Waals surface area contributed by atoms with Gasteiger partial charge in [-0.1, -0.05) is 12.1 Å². The molecule has 0 bridgehead atoms. The van der Waals surface area contributed by atoms with Gasteiger partial charge in [-0.2, -0.15) is 5.10 Å². The predicted molar refractivity (Wildman–Crippen MR) is 67.1 cm³/mol. The number of aromatic hydroxyl groups is 1. The van der Waals surface area contributed by atoms with Crippen molar-refractivity contribution in [2.75, 3.05) is 19.7 Å². The first-order valence-corrected chi connectivity index (χ1v) is 5.99. The van der Waals surface area contributed by atoms with Gasteiger partial charge in [-0.3, -0.25) is 0 Å². The van der Waals surface area contributed by atoms with E-state index in [2.05, 4.69) is 10.4 Å². The standard InChI is InChI=1S/C13H15N3O2/c17-13-4-2-1-3-12(13)16-8-11(7-15-16)18-9-10-5-14-6-10/h1-4,7-8,10,14,17H,5-6,9H2. The van der Waals surface area contributed by atoms with Crippen LogP contribution in [0.2, 0.25) is 0 Å². The van der Waals surface area contributed by atoms with E-state index in [9.17, 15) is 5.11 Å². The van der Waals surface area contributed by atoms with E-state index in [1.165, 1.54) is 0 Å². The fourth-order valence-electron chi connectivity index (χ4n) is 1.85. The zero-order chi connectivity index (χ0) is 12.4. The highest BCUT2D eigenvalue weighted by Gasteiger charge is 2.17. The van der Waals surface area contributed by atoms with E-state index in [0.29, 0.717) is 18.2 Å². The molecule has 0 saturated carbocycles. The smallest absolute Gasteiger partial charge is 0.157 e. The Bertz CT molecular complexity index is 535. The van der Waals surface area contributed by atoms with Crippen LogP contribution in [0, 0.1) is 5.92 Å². The van der Waals surface area contributed by atoms with Gasteiger partial charge in [0.25, 0.3) is 0 Å². The average Bonchev–Trinajstić information content (AvgIpc) is 2.76. The molecule has 0 atom stereocenters. The van der Waals surface area contributed by atoms with E-state index in [-0.39, 0.29) is 5.75 Å². The van der Waals surface area contributed by atoms with Crippen LogP contribution < -0.4 is 10.1 Å². The van der Waals surface area contributed by atoms with E-state index < -0.39 is 0 Å². The maximum absolute atomic E-state index is 9.73. The number of benzene rings is 1. The molecule has 5 heteroatoms. The number of phenols is 1. The van der Waals surface area contributed by atoms with Crippen molar-refractivity contribution in [3.8, 4) is 17.2 Å². The van der Waals surface area contributed by atoms with Crippen LogP contribution in [0.5, 0.6) is 11.5 Å². The van der Waals surface area contributed by atoms with Crippen LogP contribution in [0.4, 0.5) is 0 Å². The van der Waals surface area contributed by atoms with Crippen molar-refractivity contribution in [3.63, 3.8) is 0 Å². The average molecular weight is 245 g/mol. The van der Waals surface area contributed by atoms with Crippen LogP contribution in [0.3, 0.4) is 0 Å². The summed E-state index contributed by atoms with van der Waals surface area (Å²) in [6.45, 7) is 2.75. The lowest BCUT2D eigenvalue weighted by Gasteiger charge is -2.26. The largest absolute Gasteiger partial charge is 0.506 e. The second-order valence-electron chi connectivity index (χ2n) is 4.44. The minimum absolute atomic E-state index is 0.204. The molecule has 5 nitrogen and oxygen atoms in total. The first-order valence-electron chi connectivity index (χ1n) is 5.99. The van der Waals surface area contributed by atoms with Gasteiger partial charge < -0.3 is 15.2 Å². The Labute approximate surface area is 105 Å². The lowest BCUT2D eigenvalue weighted by molar-refractivity contribution is 0.199. The Kier molecular flexibility index (Phi) is 2.90. The van der Waals surface area contributed by atoms with Crippen molar-refractivity contribution in [2.45, 2.75) is 0 Å². The quantitative estimate of drug-likeness (QED) is 0.849. The molecule has 94 valence electrons. The van der Waals surface area contributed by atoms with Gasteiger partial charge in [0.1, 0.15) is 11.4 Å². The molecule has 3 rings (SSSR count). The van der Waals surface area contributed by atoms with E-state index in [1.807, 2.05) is 12.1 Å². The van der Waals surface area contributed by atoms with Gasteiger partial charge >= 0.3 is 0 Å². The summed E-state index contributed by atoms with van der Waals surface area (Å²) in [6, 6.07) is 7.08. The number of nitrogens with zero attached hydrogens (tertiary/aromatic N) is 2. The first-order chi connectivity index (χ1) is 8.83. The first kappa shape index (κ1) is 11.1. The summed E-state index contributed by atoms with van der Waals surface area (Å²) >= 11 is 0. The molecule has 2 heterocycles. The lowest BCUT2D eigenvalue weighted by Crippen LogP contribution is -2.45. The van der Waals surface area contributed by atoms with Gasteiger partial charge in [0.05, 0.1) is 19.0 Å². The molecule has 18 heavy (non-hydrogen) atoms. The summed E-state index contributed by atoms with van der Waals surface area (Å²) in [7, 11) is 0. The number of para-hydroxylation sites is 2. The topological polar surface area (TPSA) is 59.3 Å². The summed E-state index contributed by atoms with van der Waals surface area (Å²) in [5.41, 5.74) is 0.651. The number of hydrogen-bond donors (Lipinski definition) is 2. The molecule has 1 fully saturated rings. The maximum Gasteiger partial charge on any atom is 0.157 e. The monoisotopic (exact) mass is 245 g/mol. The van der Waals surface area contributed by atoms with Crippen molar-refractivity contribution < 1.29 is 9.84 Å². The summed E-state index contributed by atoms with van der Waals surface area (Å²) in [5, 5.41) is 17.1. The zero-order valence-corrected chi connectivity index (χ0v) is 9.91. The third-order valence-corrected chi connectivity index (χ3v) is 3.04. The number of hydrogen-bond acceptors (Lipinski definition) is 4. The molecule has 1 aromatic heterocycles. The van der Waals surface area contributed by atoms with Gasteiger partial charge in [0, 0.05) is 19.0 Å². The number of rotatable bonds is 4. The van der Waals surface area contributed by atoms with Crippen LogP contribution in [0.25, 0.3) is 5.69 Å². The highest BCUT2D eigenvalue weighted by atomic mass is 16.5. The van der Waals surface area contributed by atoms with E-state index >= 15 is 0 Å². The Hall–Kier alpha value is -2.01. The van der Waals surface area contributed by atoms with Gasteiger partial charge in [0.15, 0.2) is 5.75 Å². The van der Waals surface area contributed by atoms with E-state index in [4.69, 9.17) is 4.74 Å². The normalized spacial score (nSPS) is 15.3. The number of phenolic OH excluding ortho intramolecular Hbond substituents is 1. The number of ether oxygens (including phenoxy) is 1. The highest BCUT2D eigenvalue weighted by Crippen LogP contribution is 2.22. The molecule has 1 aromatic carbocycles. The highest BCUT2D eigenvalue weighted by molar-refractivity contribution is 5.45. The minimum atomic E-state index is 0.204. The van der Waals surface area contributed by atoms with Gasteiger partial charge in [-0.05, 0) is 12.1 Å². The van der Waals surface area contributed by atoms with Crippen LogP contribution in [-0.2, 0) is 0 Å².